The van der Waals surface area contributed by atoms with E-state index in [1.165, 1.54) is 23.9 Å². The van der Waals surface area contributed by atoms with Crippen LogP contribution in [0.25, 0.3) is 0 Å². The van der Waals surface area contributed by atoms with Gasteiger partial charge in [-0.3, -0.25) is 4.79 Å². The zero-order valence-electron chi connectivity index (χ0n) is 12.6. The quantitative estimate of drug-likeness (QED) is 0.733. The molecule has 0 saturated carbocycles. The summed E-state index contributed by atoms with van der Waals surface area (Å²) >= 11 is 1.22. The van der Waals surface area contributed by atoms with E-state index in [2.05, 4.69) is 10.2 Å². The highest BCUT2D eigenvalue weighted by atomic mass is 32.2. The number of hydrogen-bond donors (Lipinski definition) is 0. The van der Waals surface area contributed by atoms with Crippen molar-refractivity contribution in [3.05, 3.63) is 41.5 Å². The Kier molecular flexibility index (Phi) is 5.94. The summed E-state index contributed by atoms with van der Waals surface area (Å²) in [7, 11) is 0. The molecule has 5 nitrogen and oxygen atoms in total. The second-order valence-corrected chi connectivity index (χ2v) is 5.55. The molecule has 0 aliphatic heterocycles. The number of carbonyl (C=O) groups is 1. The molecule has 1 heterocycles. The molecule has 0 aliphatic rings. The number of rotatable bonds is 7. The lowest BCUT2D eigenvalue weighted by Crippen LogP contribution is -2.31. The summed E-state index contributed by atoms with van der Waals surface area (Å²) in [5.74, 6) is 0.420. The standard InChI is InChI=1S/C15H18FN3O2S/c1-3-19(4-2)14(20)10-22-15-18-17-13(21-15)9-11-6-5-7-12(16)8-11/h5-8H,3-4,9-10H2,1-2H3. The molecule has 0 atom stereocenters. The molecule has 7 heteroatoms. The van der Waals surface area contributed by atoms with Crippen LogP contribution in [-0.2, 0) is 11.2 Å². The fraction of sp³-hybridized carbons (Fsp3) is 0.400. The number of hydrogen-bond acceptors (Lipinski definition) is 5. The van der Waals surface area contributed by atoms with Gasteiger partial charge in [-0.2, -0.15) is 0 Å². The van der Waals surface area contributed by atoms with Crippen molar-refractivity contribution < 1.29 is 13.6 Å². The van der Waals surface area contributed by atoms with Gasteiger partial charge in [-0.25, -0.2) is 4.39 Å². The van der Waals surface area contributed by atoms with Crippen LogP contribution in [0.4, 0.5) is 4.39 Å². The van der Waals surface area contributed by atoms with Crippen molar-refractivity contribution in [2.24, 2.45) is 0 Å². The maximum absolute atomic E-state index is 13.1. The predicted molar refractivity (Wildman–Crippen MR) is 82.2 cm³/mol. The number of benzene rings is 1. The highest BCUT2D eigenvalue weighted by Crippen LogP contribution is 2.18. The SMILES string of the molecule is CCN(CC)C(=O)CSc1nnc(Cc2cccc(F)c2)o1. The summed E-state index contributed by atoms with van der Waals surface area (Å²) in [4.78, 5) is 13.6. The summed E-state index contributed by atoms with van der Waals surface area (Å²) in [6.07, 6.45) is 0.370. The molecular formula is C15H18FN3O2S. The number of aromatic nitrogens is 2. The Labute approximate surface area is 132 Å². The first kappa shape index (κ1) is 16.5. The first-order valence-corrected chi connectivity index (χ1v) is 8.08. The van der Waals surface area contributed by atoms with Gasteiger partial charge in [0.1, 0.15) is 5.82 Å². The topological polar surface area (TPSA) is 59.2 Å². The Morgan fingerprint density at radius 3 is 2.77 bits per heavy atom. The molecule has 2 aromatic rings. The van der Waals surface area contributed by atoms with Crippen LogP contribution in [0.2, 0.25) is 0 Å². The fourth-order valence-corrected chi connectivity index (χ4v) is 2.66. The van der Waals surface area contributed by atoms with Gasteiger partial charge in [0, 0.05) is 13.1 Å². The first-order chi connectivity index (χ1) is 10.6. The molecule has 0 unspecified atom stereocenters. The Hall–Kier alpha value is -1.89. The lowest BCUT2D eigenvalue weighted by molar-refractivity contribution is -0.127. The van der Waals surface area contributed by atoms with Crippen molar-refractivity contribution in [1.29, 1.82) is 0 Å². The molecule has 0 spiro atoms. The second-order valence-electron chi connectivity index (χ2n) is 4.62. The lowest BCUT2D eigenvalue weighted by Gasteiger charge is -2.17. The average Bonchev–Trinajstić information content (AvgIpc) is 2.94. The zero-order chi connectivity index (χ0) is 15.9. The molecule has 0 aliphatic carbocycles. The minimum atomic E-state index is -0.295. The molecular weight excluding hydrogens is 305 g/mol. The van der Waals surface area contributed by atoms with E-state index < -0.39 is 0 Å². The number of nitrogens with zero attached hydrogens (tertiary/aromatic N) is 3. The molecule has 0 fully saturated rings. The summed E-state index contributed by atoms with van der Waals surface area (Å²) in [6.45, 7) is 5.25. The van der Waals surface area contributed by atoms with Gasteiger partial charge in [0.05, 0.1) is 12.2 Å². The van der Waals surface area contributed by atoms with Crippen LogP contribution in [0.1, 0.15) is 25.3 Å². The van der Waals surface area contributed by atoms with Crippen molar-refractivity contribution in [2.45, 2.75) is 25.5 Å². The van der Waals surface area contributed by atoms with Gasteiger partial charge in [0.15, 0.2) is 0 Å². The Morgan fingerprint density at radius 1 is 1.32 bits per heavy atom. The van der Waals surface area contributed by atoms with E-state index in [-0.39, 0.29) is 17.5 Å². The molecule has 118 valence electrons. The largest absolute Gasteiger partial charge is 0.416 e. The van der Waals surface area contributed by atoms with Gasteiger partial charge in [-0.15, -0.1) is 10.2 Å². The Balaban J connectivity index is 1.90. The van der Waals surface area contributed by atoms with Gasteiger partial charge in [-0.1, -0.05) is 23.9 Å². The molecule has 2 rings (SSSR count). The van der Waals surface area contributed by atoms with E-state index in [4.69, 9.17) is 4.42 Å². The van der Waals surface area contributed by atoms with Crippen LogP contribution in [0, 0.1) is 5.82 Å². The highest BCUT2D eigenvalue weighted by molar-refractivity contribution is 7.99. The number of halogens is 1. The fourth-order valence-electron chi connectivity index (χ4n) is 1.98. The van der Waals surface area contributed by atoms with E-state index >= 15 is 0 Å². The van der Waals surface area contributed by atoms with Crippen molar-refractivity contribution in [1.82, 2.24) is 15.1 Å². The number of thioether (sulfide) groups is 1. The van der Waals surface area contributed by atoms with Crippen LogP contribution in [0.3, 0.4) is 0 Å². The molecule has 0 bridgehead atoms. The summed E-state index contributed by atoms with van der Waals surface area (Å²) in [5, 5.41) is 8.17. The Bertz CT molecular complexity index is 629. The van der Waals surface area contributed by atoms with Crippen LogP contribution >= 0.6 is 11.8 Å². The maximum atomic E-state index is 13.1. The van der Waals surface area contributed by atoms with Gasteiger partial charge in [-0.05, 0) is 31.5 Å². The minimum Gasteiger partial charge on any atom is -0.416 e. The first-order valence-electron chi connectivity index (χ1n) is 7.09. The third-order valence-corrected chi connectivity index (χ3v) is 3.93. The van der Waals surface area contributed by atoms with Gasteiger partial charge in [0.2, 0.25) is 11.8 Å². The van der Waals surface area contributed by atoms with E-state index in [0.29, 0.717) is 30.6 Å². The minimum absolute atomic E-state index is 0.0416. The molecule has 1 aromatic heterocycles. The highest BCUT2D eigenvalue weighted by Gasteiger charge is 2.13. The summed E-state index contributed by atoms with van der Waals surface area (Å²) < 4.78 is 18.6. The second kappa shape index (κ2) is 7.93. The van der Waals surface area contributed by atoms with Crippen LogP contribution < -0.4 is 0 Å². The molecule has 22 heavy (non-hydrogen) atoms. The lowest BCUT2D eigenvalue weighted by atomic mass is 10.1. The smallest absolute Gasteiger partial charge is 0.277 e. The summed E-state index contributed by atoms with van der Waals surface area (Å²) in [6, 6.07) is 6.25. The number of carbonyl (C=O) groups excluding carboxylic acids is 1. The van der Waals surface area contributed by atoms with Crippen LogP contribution in [0.5, 0.6) is 0 Å². The number of amides is 1. The molecule has 1 amide bonds. The van der Waals surface area contributed by atoms with Gasteiger partial charge < -0.3 is 9.32 Å². The van der Waals surface area contributed by atoms with E-state index in [1.54, 1.807) is 17.0 Å². The van der Waals surface area contributed by atoms with Crippen molar-refractivity contribution in [2.75, 3.05) is 18.8 Å². The van der Waals surface area contributed by atoms with Crippen LogP contribution in [0.15, 0.2) is 33.9 Å². The summed E-state index contributed by atoms with van der Waals surface area (Å²) in [5.41, 5.74) is 0.763. The Morgan fingerprint density at radius 2 is 2.09 bits per heavy atom. The van der Waals surface area contributed by atoms with E-state index in [0.717, 1.165) is 5.56 Å². The van der Waals surface area contributed by atoms with Gasteiger partial charge in [0.25, 0.3) is 5.22 Å². The normalized spacial score (nSPS) is 10.7. The van der Waals surface area contributed by atoms with Crippen molar-refractivity contribution in [3.63, 3.8) is 0 Å². The van der Waals surface area contributed by atoms with Crippen molar-refractivity contribution >= 4 is 17.7 Å². The average molecular weight is 323 g/mol. The molecule has 0 saturated heterocycles. The van der Waals surface area contributed by atoms with Crippen LogP contribution in [-0.4, -0.2) is 39.8 Å². The molecule has 0 N–H and O–H groups in total. The monoisotopic (exact) mass is 323 g/mol. The third-order valence-electron chi connectivity index (χ3n) is 3.13. The van der Waals surface area contributed by atoms with Gasteiger partial charge >= 0.3 is 0 Å². The maximum Gasteiger partial charge on any atom is 0.277 e. The van der Waals surface area contributed by atoms with E-state index in [1.807, 2.05) is 13.8 Å². The van der Waals surface area contributed by atoms with E-state index in [9.17, 15) is 9.18 Å². The third kappa shape index (κ3) is 4.56. The molecule has 1 aromatic carbocycles. The zero-order valence-corrected chi connectivity index (χ0v) is 13.4. The molecule has 0 radical (unpaired) electrons. The predicted octanol–water partition coefficient (Wildman–Crippen LogP) is 2.76. The van der Waals surface area contributed by atoms with Crippen molar-refractivity contribution in [3.8, 4) is 0 Å².